The zero-order valence-corrected chi connectivity index (χ0v) is 16.8. The Morgan fingerprint density at radius 3 is 1.92 bits per heavy atom. The van der Waals surface area contributed by atoms with Gasteiger partial charge in [-0.3, -0.25) is 0 Å². The van der Waals surface area contributed by atoms with Gasteiger partial charge in [-0.15, -0.1) is 0 Å². The Morgan fingerprint density at radius 2 is 1.52 bits per heavy atom. The van der Waals surface area contributed by atoms with Crippen molar-refractivity contribution in [2.45, 2.75) is 38.5 Å². The number of aryl methyl sites for hydroxylation is 1. The highest BCUT2D eigenvalue weighted by atomic mass is 35.5. The number of sulfone groups is 1. The highest BCUT2D eigenvalue weighted by Crippen LogP contribution is 2.40. The maximum absolute atomic E-state index is 11.4. The van der Waals surface area contributed by atoms with Crippen LogP contribution in [0.25, 0.3) is 5.57 Å². The van der Waals surface area contributed by atoms with Crippen LogP contribution >= 0.6 is 11.6 Å². The first-order valence-electron chi connectivity index (χ1n) is 8.29. The van der Waals surface area contributed by atoms with Crippen LogP contribution in [-0.4, -0.2) is 14.7 Å². The Hall–Kier alpha value is -1.58. The lowest BCUT2D eigenvalue weighted by Gasteiger charge is -2.16. The molecule has 2 nitrogen and oxygen atoms in total. The van der Waals surface area contributed by atoms with E-state index < -0.39 is 9.84 Å². The Bertz CT molecular complexity index is 825. The number of hydrogen-bond donors (Lipinski definition) is 0. The van der Waals surface area contributed by atoms with Crippen molar-refractivity contribution in [1.82, 2.24) is 0 Å². The molecule has 3 rings (SSSR count). The molecule has 0 aromatic heterocycles. The van der Waals surface area contributed by atoms with Gasteiger partial charge in [-0.2, -0.15) is 0 Å². The maximum Gasteiger partial charge on any atom is 0.175 e. The molecule has 0 atom stereocenters. The summed E-state index contributed by atoms with van der Waals surface area (Å²) in [5, 5.41) is 0.801. The van der Waals surface area contributed by atoms with Crippen molar-refractivity contribution in [3.8, 4) is 0 Å². The van der Waals surface area contributed by atoms with Gasteiger partial charge in [0.1, 0.15) is 0 Å². The Kier molecular flexibility index (Phi) is 6.12. The molecular formula is C21H25ClO2S. The van der Waals surface area contributed by atoms with Gasteiger partial charge in [0.15, 0.2) is 9.84 Å². The molecule has 0 bridgehead atoms. The van der Waals surface area contributed by atoms with Gasteiger partial charge in [-0.1, -0.05) is 61.4 Å². The number of allylic oxidation sites excluding steroid dienone is 2. The fraction of sp³-hybridized carbons (Fsp3) is 0.333. The molecule has 0 spiro atoms. The molecule has 0 saturated carbocycles. The lowest BCUT2D eigenvalue weighted by atomic mass is 9.88. The second-order valence-corrected chi connectivity index (χ2v) is 9.82. The van der Waals surface area contributed by atoms with E-state index in [2.05, 4.69) is 19.9 Å². The fourth-order valence-electron chi connectivity index (χ4n) is 2.73. The van der Waals surface area contributed by atoms with Crippen molar-refractivity contribution < 1.29 is 8.42 Å². The van der Waals surface area contributed by atoms with Crippen LogP contribution in [0.5, 0.6) is 0 Å². The minimum Gasteiger partial charge on any atom is -0.224 e. The predicted molar refractivity (Wildman–Crippen MR) is 107 cm³/mol. The lowest BCUT2D eigenvalue weighted by molar-refractivity contribution is 0.403. The predicted octanol–water partition coefficient (Wildman–Crippen LogP) is 5.94. The average Bonchev–Trinajstić information content (AvgIpc) is 2.90. The first-order chi connectivity index (χ1) is 11.6. The van der Waals surface area contributed by atoms with Crippen LogP contribution in [0.2, 0.25) is 5.02 Å². The molecule has 25 heavy (non-hydrogen) atoms. The smallest absolute Gasteiger partial charge is 0.175 e. The van der Waals surface area contributed by atoms with E-state index in [-0.39, 0.29) is 0 Å². The molecule has 2 aromatic carbocycles. The van der Waals surface area contributed by atoms with E-state index in [9.17, 15) is 8.42 Å². The second-order valence-electron chi connectivity index (χ2n) is 7.37. The van der Waals surface area contributed by atoms with Crippen molar-refractivity contribution in [1.29, 1.82) is 0 Å². The van der Waals surface area contributed by atoms with Gasteiger partial charge in [0.25, 0.3) is 0 Å². The highest BCUT2D eigenvalue weighted by Gasteiger charge is 2.25. The fourth-order valence-corrected chi connectivity index (χ4v) is 3.49. The molecule has 0 heterocycles. The van der Waals surface area contributed by atoms with Crippen molar-refractivity contribution in [2.75, 3.05) is 6.26 Å². The normalized spacial score (nSPS) is 16.0. The number of benzene rings is 2. The van der Waals surface area contributed by atoms with E-state index in [1.807, 2.05) is 43.3 Å². The molecule has 4 heteroatoms. The third-order valence-corrected chi connectivity index (χ3v) is 5.61. The third-order valence-electron chi connectivity index (χ3n) is 4.23. The van der Waals surface area contributed by atoms with Crippen LogP contribution in [-0.2, 0) is 9.84 Å². The standard InChI is InChI=1S/C14H18O2S.C7H7Cl/c1-14(2)9-8-12(10-14)11-4-6-13(7-5-11)17(3,15)16;1-6-2-4-7(8)5-3-6/h4-8H,9-10H2,1-3H3;2-5H,1H3. The quantitative estimate of drug-likeness (QED) is 0.649. The highest BCUT2D eigenvalue weighted by molar-refractivity contribution is 7.90. The van der Waals surface area contributed by atoms with Crippen molar-refractivity contribution in [3.05, 3.63) is 70.8 Å². The average molecular weight is 377 g/mol. The Balaban J connectivity index is 0.000000236. The summed E-state index contributed by atoms with van der Waals surface area (Å²) in [6.45, 7) is 6.54. The number of hydrogen-bond acceptors (Lipinski definition) is 2. The molecule has 0 unspecified atom stereocenters. The Morgan fingerprint density at radius 1 is 0.960 bits per heavy atom. The molecule has 0 radical (unpaired) electrons. The van der Waals surface area contributed by atoms with Gasteiger partial charge >= 0.3 is 0 Å². The summed E-state index contributed by atoms with van der Waals surface area (Å²) >= 11 is 5.61. The second kappa shape index (κ2) is 7.76. The molecule has 1 aliphatic rings. The molecular weight excluding hydrogens is 352 g/mol. The summed E-state index contributed by atoms with van der Waals surface area (Å²) in [5.41, 5.74) is 4.05. The summed E-state index contributed by atoms with van der Waals surface area (Å²) in [5.74, 6) is 0. The molecule has 0 fully saturated rings. The molecule has 134 valence electrons. The first-order valence-corrected chi connectivity index (χ1v) is 10.6. The van der Waals surface area contributed by atoms with Crippen molar-refractivity contribution in [3.63, 3.8) is 0 Å². The van der Waals surface area contributed by atoms with Gasteiger partial charge in [0, 0.05) is 11.3 Å². The van der Waals surface area contributed by atoms with Crippen molar-refractivity contribution >= 4 is 27.0 Å². The topological polar surface area (TPSA) is 34.1 Å². The molecule has 0 N–H and O–H groups in total. The summed E-state index contributed by atoms with van der Waals surface area (Å²) < 4.78 is 22.7. The SMILES string of the molecule is CC1(C)CC=C(c2ccc(S(C)(=O)=O)cc2)C1.Cc1ccc(Cl)cc1. The van der Waals surface area contributed by atoms with Crippen LogP contribution in [0.1, 0.15) is 37.8 Å². The maximum atomic E-state index is 11.4. The summed E-state index contributed by atoms with van der Waals surface area (Å²) in [6, 6.07) is 14.9. The third kappa shape index (κ3) is 6.02. The van der Waals surface area contributed by atoms with E-state index in [0.717, 1.165) is 23.4 Å². The summed E-state index contributed by atoms with van der Waals surface area (Å²) in [7, 11) is -3.09. The zero-order chi connectivity index (χ0) is 18.7. The monoisotopic (exact) mass is 376 g/mol. The van der Waals surface area contributed by atoms with Crippen LogP contribution in [0.15, 0.2) is 59.5 Å². The van der Waals surface area contributed by atoms with Gasteiger partial charge in [0.05, 0.1) is 4.90 Å². The van der Waals surface area contributed by atoms with Gasteiger partial charge in [0.2, 0.25) is 0 Å². The molecule has 0 amide bonds. The first kappa shape index (κ1) is 19.7. The lowest BCUT2D eigenvalue weighted by Crippen LogP contribution is -2.04. The van der Waals surface area contributed by atoms with Gasteiger partial charge in [-0.05, 0) is 60.6 Å². The van der Waals surface area contributed by atoms with E-state index in [0.29, 0.717) is 10.3 Å². The van der Waals surface area contributed by atoms with Crippen LogP contribution < -0.4 is 0 Å². The molecule has 1 aliphatic carbocycles. The van der Waals surface area contributed by atoms with Gasteiger partial charge < -0.3 is 0 Å². The summed E-state index contributed by atoms with van der Waals surface area (Å²) in [6.07, 6.45) is 5.65. The van der Waals surface area contributed by atoms with Gasteiger partial charge in [-0.25, -0.2) is 8.42 Å². The number of rotatable bonds is 2. The Labute approximate surface area is 156 Å². The largest absolute Gasteiger partial charge is 0.224 e. The minimum atomic E-state index is -3.09. The number of halogens is 1. The van der Waals surface area contributed by atoms with E-state index in [1.165, 1.54) is 17.4 Å². The van der Waals surface area contributed by atoms with Crippen LogP contribution in [0.3, 0.4) is 0 Å². The van der Waals surface area contributed by atoms with Crippen LogP contribution in [0.4, 0.5) is 0 Å². The molecule has 0 saturated heterocycles. The molecule has 0 aliphatic heterocycles. The van der Waals surface area contributed by atoms with E-state index in [1.54, 1.807) is 12.1 Å². The zero-order valence-electron chi connectivity index (χ0n) is 15.2. The summed E-state index contributed by atoms with van der Waals surface area (Å²) in [4.78, 5) is 0.388. The van der Waals surface area contributed by atoms with Crippen molar-refractivity contribution in [2.24, 2.45) is 5.41 Å². The van der Waals surface area contributed by atoms with E-state index >= 15 is 0 Å². The van der Waals surface area contributed by atoms with E-state index in [4.69, 9.17) is 11.6 Å². The van der Waals surface area contributed by atoms with Crippen LogP contribution in [0, 0.1) is 12.3 Å². The minimum absolute atomic E-state index is 0.338. The molecule has 2 aromatic rings.